The molecule has 0 spiro atoms. The van der Waals surface area contributed by atoms with Crippen LogP contribution in [0.2, 0.25) is 0 Å². The molecule has 128 valence electrons. The first kappa shape index (κ1) is 16.4. The highest BCUT2D eigenvalue weighted by molar-refractivity contribution is 5.93. The second-order valence-electron chi connectivity index (χ2n) is 5.59. The first-order chi connectivity index (χ1) is 12.0. The number of ether oxygens (including phenoxy) is 1. The van der Waals surface area contributed by atoms with E-state index < -0.39 is 22.7 Å². The van der Waals surface area contributed by atoms with Crippen LogP contribution in [0.15, 0.2) is 42.5 Å². The molecule has 1 amide bonds. The van der Waals surface area contributed by atoms with Gasteiger partial charge in [0.15, 0.2) is 0 Å². The lowest BCUT2D eigenvalue weighted by Crippen LogP contribution is -2.18. The number of amides is 1. The minimum Gasteiger partial charge on any atom is -0.460 e. The highest BCUT2D eigenvalue weighted by atomic mass is 16.6. The number of benzene rings is 2. The molecule has 0 saturated carbocycles. The van der Waals surface area contributed by atoms with Gasteiger partial charge in [-0.05, 0) is 23.8 Å². The van der Waals surface area contributed by atoms with E-state index in [-0.39, 0.29) is 23.4 Å². The van der Waals surface area contributed by atoms with E-state index in [4.69, 9.17) is 10.5 Å². The molecular formula is C17H15N3O5. The molecule has 1 aliphatic heterocycles. The van der Waals surface area contributed by atoms with Crippen LogP contribution in [0.4, 0.5) is 11.4 Å². The van der Waals surface area contributed by atoms with Crippen molar-refractivity contribution in [1.82, 2.24) is 0 Å². The molecule has 0 fully saturated rings. The Balaban J connectivity index is 1.75. The lowest BCUT2D eigenvalue weighted by molar-refractivity contribution is -0.385. The van der Waals surface area contributed by atoms with Gasteiger partial charge in [-0.1, -0.05) is 18.2 Å². The summed E-state index contributed by atoms with van der Waals surface area (Å²) in [4.78, 5) is 34.0. The number of esters is 1. The average Bonchev–Trinajstić information content (AvgIpc) is 3.03. The summed E-state index contributed by atoms with van der Waals surface area (Å²) in [6.45, 7) is 0.160. The van der Waals surface area contributed by atoms with Crippen LogP contribution in [0.25, 0.3) is 0 Å². The van der Waals surface area contributed by atoms with Gasteiger partial charge >= 0.3 is 5.97 Å². The van der Waals surface area contributed by atoms with Gasteiger partial charge in [0.05, 0.1) is 10.5 Å². The molecule has 8 nitrogen and oxygen atoms in total. The molecule has 2 aromatic carbocycles. The predicted octanol–water partition coefficient (Wildman–Crippen LogP) is 1.95. The fraction of sp³-hybridized carbons (Fsp3) is 0.176. The first-order valence-electron chi connectivity index (χ1n) is 7.54. The van der Waals surface area contributed by atoms with Crippen molar-refractivity contribution in [2.45, 2.75) is 12.5 Å². The van der Waals surface area contributed by atoms with E-state index in [1.54, 1.807) is 0 Å². The zero-order chi connectivity index (χ0) is 18.0. The maximum atomic E-state index is 12.3. The molecule has 3 rings (SSSR count). The van der Waals surface area contributed by atoms with Gasteiger partial charge in [0, 0.05) is 23.9 Å². The minimum absolute atomic E-state index is 0.0238. The number of fused-ring (bicyclic) bond motifs is 1. The van der Waals surface area contributed by atoms with Crippen LogP contribution in [0.1, 0.15) is 27.4 Å². The average molecular weight is 341 g/mol. The van der Waals surface area contributed by atoms with E-state index in [0.29, 0.717) is 6.54 Å². The van der Waals surface area contributed by atoms with E-state index >= 15 is 0 Å². The Labute approximate surface area is 142 Å². The van der Waals surface area contributed by atoms with E-state index in [9.17, 15) is 19.7 Å². The van der Waals surface area contributed by atoms with Crippen molar-refractivity contribution in [3.63, 3.8) is 0 Å². The van der Waals surface area contributed by atoms with Gasteiger partial charge < -0.3 is 15.8 Å². The van der Waals surface area contributed by atoms with Crippen LogP contribution >= 0.6 is 0 Å². The molecular weight excluding hydrogens is 326 g/mol. The monoisotopic (exact) mass is 341 g/mol. The minimum atomic E-state index is -0.764. The fourth-order valence-corrected chi connectivity index (χ4v) is 2.75. The summed E-state index contributed by atoms with van der Waals surface area (Å²) in [5.74, 6) is -1.69. The fourth-order valence-electron chi connectivity index (χ4n) is 2.75. The van der Waals surface area contributed by atoms with E-state index in [1.807, 2.05) is 24.3 Å². The molecule has 2 aromatic rings. The number of hydrogen-bond acceptors (Lipinski definition) is 6. The van der Waals surface area contributed by atoms with E-state index in [1.165, 1.54) is 12.1 Å². The topological polar surface area (TPSA) is 125 Å². The molecule has 8 heteroatoms. The van der Waals surface area contributed by atoms with Crippen LogP contribution in [-0.4, -0.2) is 23.3 Å². The molecule has 0 aliphatic carbocycles. The van der Waals surface area contributed by atoms with Crippen molar-refractivity contribution in [2.75, 3.05) is 11.9 Å². The third-order valence-electron chi connectivity index (χ3n) is 4.05. The highest BCUT2D eigenvalue weighted by Gasteiger charge is 2.30. The summed E-state index contributed by atoms with van der Waals surface area (Å²) in [7, 11) is 0. The summed E-state index contributed by atoms with van der Waals surface area (Å²) in [5.41, 5.74) is 6.75. The van der Waals surface area contributed by atoms with Crippen molar-refractivity contribution in [1.29, 1.82) is 0 Å². The highest BCUT2D eigenvalue weighted by Crippen LogP contribution is 2.32. The van der Waals surface area contributed by atoms with Gasteiger partial charge in [-0.2, -0.15) is 0 Å². The second kappa shape index (κ2) is 6.60. The normalized spacial score (nSPS) is 15.1. The standard InChI is InChI=1S/C17H15N3O5/c18-16(21)10-5-6-11(15(7-10)20(23)24)9-25-17(22)13-8-19-14-4-2-1-3-12(13)14/h1-7,13,19H,8-9H2,(H2,18,21)/t13-/m1/s1. The largest absolute Gasteiger partial charge is 0.460 e. The molecule has 0 aromatic heterocycles. The lowest BCUT2D eigenvalue weighted by atomic mass is 10.0. The third kappa shape index (κ3) is 3.27. The van der Waals surface area contributed by atoms with Crippen LogP contribution < -0.4 is 11.1 Å². The molecule has 1 atom stereocenters. The zero-order valence-corrected chi connectivity index (χ0v) is 13.1. The summed E-state index contributed by atoms with van der Waals surface area (Å²) >= 11 is 0. The van der Waals surface area contributed by atoms with Crippen molar-refractivity contribution in [3.05, 3.63) is 69.3 Å². The number of primary amides is 1. The van der Waals surface area contributed by atoms with Gasteiger partial charge in [0.2, 0.25) is 5.91 Å². The van der Waals surface area contributed by atoms with Crippen LogP contribution in [0.3, 0.4) is 0 Å². The summed E-state index contributed by atoms with van der Waals surface area (Å²) < 4.78 is 5.26. The third-order valence-corrected chi connectivity index (χ3v) is 4.05. The van der Waals surface area contributed by atoms with Gasteiger partial charge in [0.1, 0.15) is 12.5 Å². The number of nitrogens with one attached hydrogen (secondary N) is 1. The number of para-hydroxylation sites is 1. The number of anilines is 1. The van der Waals surface area contributed by atoms with Gasteiger partial charge in [-0.15, -0.1) is 0 Å². The quantitative estimate of drug-likeness (QED) is 0.486. The molecule has 0 radical (unpaired) electrons. The second-order valence-corrected chi connectivity index (χ2v) is 5.59. The lowest BCUT2D eigenvalue weighted by Gasteiger charge is -2.11. The van der Waals surface area contributed by atoms with Crippen LogP contribution in [0.5, 0.6) is 0 Å². The summed E-state index contributed by atoms with van der Waals surface area (Å²) in [5, 5.41) is 14.3. The molecule has 0 bridgehead atoms. The number of nitro benzene ring substituents is 1. The molecule has 25 heavy (non-hydrogen) atoms. The molecule has 1 aliphatic rings. The SMILES string of the molecule is NC(=O)c1ccc(COC(=O)[C@@H]2CNc3ccccc32)c([N+](=O)[O-])c1. The Morgan fingerprint density at radius 3 is 2.76 bits per heavy atom. The Bertz CT molecular complexity index is 865. The number of nitrogens with zero attached hydrogens (tertiary/aromatic N) is 1. The van der Waals surface area contributed by atoms with Gasteiger partial charge in [-0.3, -0.25) is 19.7 Å². The Morgan fingerprint density at radius 1 is 1.28 bits per heavy atom. The number of carbonyl (C=O) groups excluding carboxylic acids is 2. The molecule has 3 N–H and O–H groups in total. The van der Waals surface area contributed by atoms with Crippen molar-refractivity contribution >= 4 is 23.3 Å². The van der Waals surface area contributed by atoms with Crippen LogP contribution in [0, 0.1) is 10.1 Å². The molecule has 0 unspecified atom stereocenters. The van der Waals surface area contributed by atoms with Crippen molar-refractivity contribution in [3.8, 4) is 0 Å². The Hall–Kier alpha value is -3.42. The Kier molecular flexibility index (Phi) is 4.34. The van der Waals surface area contributed by atoms with Gasteiger partial charge in [-0.25, -0.2) is 0 Å². The van der Waals surface area contributed by atoms with Crippen molar-refractivity contribution < 1.29 is 19.2 Å². The number of hydrogen-bond donors (Lipinski definition) is 2. The number of rotatable bonds is 5. The first-order valence-corrected chi connectivity index (χ1v) is 7.54. The summed E-state index contributed by atoms with van der Waals surface area (Å²) in [6.07, 6.45) is 0. The number of carbonyl (C=O) groups is 2. The predicted molar refractivity (Wildman–Crippen MR) is 89.1 cm³/mol. The van der Waals surface area contributed by atoms with Gasteiger partial charge in [0.25, 0.3) is 5.69 Å². The van der Waals surface area contributed by atoms with Crippen molar-refractivity contribution in [2.24, 2.45) is 5.73 Å². The Morgan fingerprint density at radius 2 is 2.04 bits per heavy atom. The summed E-state index contributed by atoms with van der Waals surface area (Å²) in [6, 6.07) is 11.2. The van der Waals surface area contributed by atoms with Crippen LogP contribution in [-0.2, 0) is 16.1 Å². The van der Waals surface area contributed by atoms with E-state index in [2.05, 4.69) is 5.32 Å². The maximum absolute atomic E-state index is 12.3. The molecule has 1 heterocycles. The number of nitrogens with two attached hydrogens (primary N) is 1. The van der Waals surface area contributed by atoms with E-state index in [0.717, 1.165) is 17.3 Å². The zero-order valence-electron chi connectivity index (χ0n) is 13.1. The molecule has 0 saturated heterocycles. The number of nitro groups is 1. The maximum Gasteiger partial charge on any atom is 0.315 e. The smallest absolute Gasteiger partial charge is 0.315 e.